The fourth-order valence-electron chi connectivity index (χ4n) is 1.74. The maximum Gasteiger partial charge on any atom is 0.221 e. The van der Waals surface area contributed by atoms with Gasteiger partial charge in [0.15, 0.2) is 0 Å². The zero-order valence-corrected chi connectivity index (χ0v) is 12.3. The van der Waals surface area contributed by atoms with E-state index in [1.165, 1.54) is 0 Å². The summed E-state index contributed by atoms with van der Waals surface area (Å²) in [5.74, 6) is 0.859. The maximum atomic E-state index is 11.6. The number of ether oxygens (including phenoxy) is 2. The third kappa shape index (κ3) is 6.43. The molecule has 0 saturated heterocycles. The molecule has 112 valence electrons. The smallest absolute Gasteiger partial charge is 0.221 e. The quantitative estimate of drug-likeness (QED) is 0.644. The van der Waals surface area contributed by atoms with Crippen molar-refractivity contribution in [1.29, 1.82) is 0 Å². The number of para-hydroxylation sites is 2. The van der Waals surface area contributed by atoms with Crippen molar-refractivity contribution >= 4 is 11.6 Å². The fraction of sp³-hybridized carbons (Fsp3) is 0.533. The van der Waals surface area contributed by atoms with Crippen LogP contribution in [-0.4, -0.2) is 39.3 Å². The van der Waals surface area contributed by atoms with Gasteiger partial charge in [-0.05, 0) is 25.5 Å². The molecule has 0 fully saturated rings. The SMILES string of the molecule is CCOc1ccccc1NCCC(=O)NCCCOC. The average molecular weight is 280 g/mol. The Kier molecular flexibility index (Phi) is 8.22. The van der Waals surface area contributed by atoms with E-state index in [2.05, 4.69) is 10.6 Å². The second-order valence-corrected chi connectivity index (χ2v) is 4.30. The summed E-state index contributed by atoms with van der Waals surface area (Å²) in [6.45, 7) is 4.48. The van der Waals surface area contributed by atoms with Crippen molar-refractivity contribution in [3.8, 4) is 5.75 Å². The number of hydrogen-bond donors (Lipinski definition) is 2. The van der Waals surface area contributed by atoms with Gasteiger partial charge in [-0.15, -0.1) is 0 Å². The highest BCUT2D eigenvalue weighted by molar-refractivity contribution is 5.76. The molecule has 0 radical (unpaired) electrons. The van der Waals surface area contributed by atoms with E-state index in [1.807, 2.05) is 31.2 Å². The Morgan fingerprint density at radius 1 is 1.25 bits per heavy atom. The third-order valence-electron chi connectivity index (χ3n) is 2.70. The minimum absolute atomic E-state index is 0.0440. The standard InChI is InChI=1S/C15H24N2O3/c1-3-20-14-8-5-4-7-13(14)16-11-9-15(18)17-10-6-12-19-2/h4-5,7-8,16H,3,6,9-12H2,1-2H3,(H,17,18). The molecule has 0 aliphatic rings. The summed E-state index contributed by atoms with van der Waals surface area (Å²) >= 11 is 0. The topological polar surface area (TPSA) is 59.6 Å². The number of hydrogen-bond acceptors (Lipinski definition) is 4. The van der Waals surface area contributed by atoms with E-state index in [9.17, 15) is 4.79 Å². The lowest BCUT2D eigenvalue weighted by Crippen LogP contribution is -2.26. The Morgan fingerprint density at radius 3 is 2.80 bits per heavy atom. The van der Waals surface area contributed by atoms with Gasteiger partial charge in [-0.3, -0.25) is 4.79 Å². The largest absolute Gasteiger partial charge is 0.492 e. The van der Waals surface area contributed by atoms with Gasteiger partial charge in [0.2, 0.25) is 5.91 Å². The summed E-state index contributed by atoms with van der Waals surface area (Å²) in [4.78, 5) is 11.6. The van der Waals surface area contributed by atoms with Crippen LogP contribution in [0.5, 0.6) is 5.75 Å². The molecule has 0 bridgehead atoms. The minimum atomic E-state index is 0.0440. The molecule has 0 atom stereocenters. The van der Waals surface area contributed by atoms with E-state index in [1.54, 1.807) is 7.11 Å². The summed E-state index contributed by atoms with van der Waals surface area (Å²) in [6.07, 6.45) is 1.27. The van der Waals surface area contributed by atoms with Crippen molar-refractivity contribution in [1.82, 2.24) is 5.32 Å². The molecule has 2 N–H and O–H groups in total. The fourth-order valence-corrected chi connectivity index (χ4v) is 1.74. The molecule has 1 aromatic rings. The highest BCUT2D eigenvalue weighted by Gasteiger charge is 2.03. The molecule has 0 heterocycles. The van der Waals surface area contributed by atoms with Crippen LogP contribution >= 0.6 is 0 Å². The average Bonchev–Trinajstić information content (AvgIpc) is 2.46. The van der Waals surface area contributed by atoms with Gasteiger partial charge in [0, 0.05) is 33.2 Å². The molecule has 0 aliphatic carbocycles. The zero-order valence-electron chi connectivity index (χ0n) is 12.3. The van der Waals surface area contributed by atoms with Crippen LogP contribution in [0.15, 0.2) is 24.3 Å². The van der Waals surface area contributed by atoms with Gasteiger partial charge in [-0.25, -0.2) is 0 Å². The first-order valence-electron chi connectivity index (χ1n) is 6.99. The van der Waals surface area contributed by atoms with E-state index in [0.717, 1.165) is 17.9 Å². The molecule has 0 unspecified atom stereocenters. The highest BCUT2D eigenvalue weighted by Crippen LogP contribution is 2.23. The van der Waals surface area contributed by atoms with Gasteiger partial charge >= 0.3 is 0 Å². The predicted molar refractivity (Wildman–Crippen MR) is 80.2 cm³/mol. The van der Waals surface area contributed by atoms with Crippen LogP contribution in [0, 0.1) is 0 Å². The van der Waals surface area contributed by atoms with Crippen LogP contribution < -0.4 is 15.4 Å². The molecule has 20 heavy (non-hydrogen) atoms. The Labute approximate surface area is 120 Å². The Morgan fingerprint density at radius 2 is 2.05 bits per heavy atom. The summed E-state index contributed by atoms with van der Waals surface area (Å²) in [5.41, 5.74) is 0.918. The monoisotopic (exact) mass is 280 g/mol. The van der Waals surface area contributed by atoms with E-state index in [-0.39, 0.29) is 5.91 Å². The van der Waals surface area contributed by atoms with Gasteiger partial charge in [0.25, 0.3) is 0 Å². The predicted octanol–water partition coefficient (Wildman–Crippen LogP) is 2.04. The number of anilines is 1. The van der Waals surface area contributed by atoms with Crippen molar-refractivity contribution in [2.45, 2.75) is 19.8 Å². The number of amides is 1. The van der Waals surface area contributed by atoms with E-state index in [4.69, 9.17) is 9.47 Å². The molecule has 1 aromatic carbocycles. The van der Waals surface area contributed by atoms with Crippen molar-refractivity contribution in [2.75, 3.05) is 38.7 Å². The lowest BCUT2D eigenvalue weighted by Gasteiger charge is -2.12. The number of methoxy groups -OCH3 is 1. The van der Waals surface area contributed by atoms with Crippen LogP contribution in [0.25, 0.3) is 0 Å². The van der Waals surface area contributed by atoms with Crippen molar-refractivity contribution in [3.05, 3.63) is 24.3 Å². The molecule has 0 saturated carbocycles. The Bertz CT molecular complexity index is 396. The third-order valence-corrected chi connectivity index (χ3v) is 2.70. The summed E-state index contributed by atoms with van der Waals surface area (Å²) < 4.78 is 10.4. The lowest BCUT2D eigenvalue weighted by molar-refractivity contribution is -0.120. The van der Waals surface area contributed by atoms with E-state index >= 15 is 0 Å². The van der Waals surface area contributed by atoms with Gasteiger partial charge in [0.05, 0.1) is 12.3 Å². The zero-order chi connectivity index (χ0) is 14.6. The minimum Gasteiger partial charge on any atom is -0.492 e. The van der Waals surface area contributed by atoms with Crippen LogP contribution in [-0.2, 0) is 9.53 Å². The molecule has 0 aliphatic heterocycles. The Hall–Kier alpha value is -1.75. The molecule has 1 amide bonds. The normalized spacial score (nSPS) is 10.1. The van der Waals surface area contributed by atoms with E-state index in [0.29, 0.717) is 32.7 Å². The van der Waals surface area contributed by atoms with Gasteiger partial charge in [0.1, 0.15) is 5.75 Å². The summed E-state index contributed by atoms with van der Waals surface area (Å²) in [6, 6.07) is 7.73. The molecular weight excluding hydrogens is 256 g/mol. The van der Waals surface area contributed by atoms with Crippen LogP contribution in [0.1, 0.15) is 19.8 Å². The van der Waals surface area contributed by atoms with Crippen LogP contribution in [0.2, 0.25) is 0 Å². The number of carbonyl (C=O) groups is 1. The molecular formula is C15H24N2O3. The second-order valence-electron chi connectivity index (χ2n) is 4.30. The van der Waals surface area contributed by atoms with Crippen LogP contribution in [0.3, 0.4) is 0 Å². The molecule has 1 rings (SSSR count). The molecule has 0 spiro atoms. The highest BCUT2D eigenvalue weighted by atomic mass is 16.5. The summed E-state index contributed by atoms with van der Waals surface area (Å²) in [5, 5.41) is 6.07. The number of rotatable bonds is 10. The Balaban J connectivity index is 2.24. The first-order valence-corrected chi connectivity index (χ1v) is 6.99. The van der Waals surface area contributed by atoms with Gasteiger partial charge < -0.3 is 20.1 Å². The maximum absolute atomic E-state index is 11.6. The summed E-state index contributed by atoms with van der Waals surface area (Å²) in [7, 11) is 1.65. The first kappa shape index (κ1) is 16.3. The van der Waals surface area contributed by atoms with Crippen molar-refractivity contribution < 1.29 is 14.3 Å². The molecule has 5 nitrogen and oxygen atoms in total. The van der Waals surface area contributed by atoms with Crippen LogP contribution in [0.4, 0.5) is 5.69 Å². The van der Waals surface area contributed by atoms with Crippen molar-refractivity contribution in [3.63, 3.8) is 0 Å². The lowest BCUT2D eigenvalue weighted by atomic mass is 10.3. The van der Waals surface area contributed by atoms with Gasteiger partial charge in [-0.1, -0.05) is 12.1 Å². The number of carbonyl (C=O) groups excluding carboxylic acids is 1. The van der Waals surface area contributed by atoms with E-state index < -0.39 is 0 Å². The molecule has 0 aromatic heterocycles. The second kappa shape index (κ2) is 10.1. The first-order chi connectivity index (χ1) is 9.77. The molecule has 5 heteroatoms. The van der Waals surface area contributed by atoms with Crippen molar-refractivity contribution in [2.24, 2.45) is 0 Å². The van der Waals surface area contributed by atoms with Gasteiger partial charge in [-0.2, -0.15) is 0 Å². The number of nitrogens with one attached hydrogen (secondary N) is 2. The number of benzene rings is 1.